The number of benzene rings is 2. The molecule has 1 aliphatic rings. The normalized spacial score (nSPS) is 15.4. The van der Waals surface area contributed by atoms with Gasteiger partial charge >= 0.3 is 0 Å². The summed E-state index contributed by atoms with van der Waals surface area (Å²) in [5, 5.41) is 3.00. The van der Waals surface area contributed by atoms with E-state index in [0.29, 0.717) is 11.6 Å². The van der Waals surface area contributed by atoms with Crippen LogP contribution in [-0.4, -0.2) is 49.5 Å². The van der Waals surface area contributed by atoms with Crippen molar-refractivity contribution in [3.8, 4) is 28.3 Å². The molecule has 6 rings (SSSR count). The first-order valence-corrected chi connectivity index (χ1v) is 13.0. The van der Waals surface area contributed by atoms with Crippen molar-refractivity contribution in [1.82, 2.24) is 29.7 Å². The van der Waals surface area contributed by atoms with Gasteiger partial charge in [0.2, 0.25) is 5.91 Å². The summed E-state index contributed by atoms with van der Waals surface area (Å²) in [4.78, 5) is 28.3. The van der Waals surface area contributed by atoms with Crippen molar-refractivity contribution in [3.63, 3.8) is 0 Å². The number of nitrogens with two attached hydrogens (primary N) is 1. The van der Waals surface area contributed by atoms with E-state index in [1.807, 2.05) is 42.5 Å². The van der Waals surface area contributed by atoms with Crippen LogP contribution in [0.1, 0.15) is 12.0 Å². The molecule has 8 nitrogen and oxygen atoms in total. The van der Waals surface area contributed by atoms with Crippen LogP contribution in [0.25, 0.3) is 39.5 Å². The number of hydrogen-bond acceptors (Lipinski definition) is 6. The van der Waals surface area contributed by atoms with Gasteiger partial charge in [0.1, 0.15) is 11.3 Å². The first-order chi connectivity index (χ1) is 19.1. The predicted octanol–water partition coefficient (Wildman–Crippen LogP) is 4.61. The van der Waals surface area contributed by atoms with Crippen LogP contribution >= 0.6 is 0 Å². The lowest BCUT2D eigenvalue weighted by Crippen LogP contribution is -2.35. The highest BCUT2D eigenvalue weighted by molar-refractivity contribution is 5.87. The Hall–Kier alpha value is -4.82. The first-order valence-electron chi connectivity index (χ1n) is 13.0. The van der Waals surface area contributed by atoms with E-state index in [1.165, 1.54) is 11.6 Å². The zero-order valence-electron chi connectivity index (χ0n) is 21.5. The van der Waals surface area contributed by atoms with Gasteiger partial charge in [-0.05, 0) is 54.5 Å². The van der Waals surface area contributed by atoms with Gasteiger partial charge in [0, 0.05) is 43.1 Å². The smallest absolute Gasteiger partial charge is 0.243 e. The fraction of sp³-hybridized carbons (Fsp3) is 0.161. The van der Waals surface area contributed by atoms with Crippen molar-refractivity contribution < 1.29 is 4.79 Å². The Morgan fingerprint density at radius 2 is 1.85 bits per heavy atom. The number of pyridine rings is 2. The standard InChI is InChI=1S/C31H29N7O/c1-2-28(39)34-23-16-18-37(20-23)19-21-10-12-24(13-11-21)38-30(25-9-6-17-33-29(25)32)36-27-15-14-26(35-31(27)38)22-7-4-3-5-8-22/h2-15,17,23H,1,16,18-20H2,(H2,32,33)(H,34,39)/t23-/m1/s1. The van der Waals surface area contributed by atoms with E-state index >= 15 is 0 Å². The SMILES string of the molecule is C=CC(=O)N[C@@H]1CCN(Cc2ccc(-n3c(-c4cccnc4N)nc4ccc(-c5ccccc5)nc43)cc2)C1. The van der Waals surface area contributed by atoms with Crippen molar-refractivity contribution in [2.45, 2.75) is 19.0 Å². The number of nitrogens with one attached hydrogen (secondary N) is 1. The molecule has 39 heavy (non-hydrogen) atoms. The van der Waals surface area contributed by atoms with Gasteiger partial charge in [0.05, 0.1) is 11.3 Å². The van der Waals surface area contributed by atoms with Crippen LogP contribution in [0.2, 0.25) is 0 Å². The Balaban J connectivity index is 1.35. The maximum atomic E-state index is 11.7. The average molecular weight is 516 g/mol. The molecule has 0 unspecified atom stereocenters. The van der Waals surface area contributed by atoms with Crippen molar-refractivity contribution in [2.75, 3.05) is 18.8 Å². The number of nitrogen functional groups attached to an aromatic ring is 1. The molecule has 0 radical (unpaired) electrons. The third-order valence-corrected chi connectivity index (χ3v) is 7.06. The molecule has 3 N–H and O–H groups in total. The molecule has 4 heterocycles. The third kappa shape index (κ3) is 5.02. The fourth-order valence-corrected chi connectivity index (χ4v) is 5.12. The second-order valence-corrected chi connectivity index (χ2v) is 9.71. The molecule has 1 aliphatic heterocycles. The van der Waals surface area contributed by atoms with Gasteiger partial charge in [-0.2, -0.15) is 0 Å². The molecule has 3 aromatic heterocycles. The highest BCUT2D eigenvalue weighted by Gasteiger charge is 2.23. The number of anilines is 1. The van der Waals surface area contributed by atoms with Gasteiger partial charge in [-0.15, -0.1) is 0 Å². The molecule has 8 heteroatoms. The minimum Gasteiger partial charge on any atom is -0.383 e. The molecule has 1 atom stereocenters. The lowest BCUT2D eigenvalue weighted by Gasteiger charge is -2.17. The summed E-state index contributed by atoms with van der Waals surface area (Å²) in [6.45, 7) is 6.11. The average Bonchev–Trinajstić information content (AvgIpc) is 3.57. The molecule has 1 amide bonds. The van der Waals surface area contributed by atoms with Gasteiger partial charge in [-0.3, -0.25) is 14.3 Å². The molecule has 2 aromatic carbocycles. The molecule has 0 spiro atoms. The van der Waals surface area contributed by atoms with Crippen LogP contribution in [-0.2, 0) is 11.3 Å². The number of hydrogen-bond donors (Lipinski definition) is 2. The number of rotatable bonds is 7. The van der Waals surface area contributed by atoms with E-state index in [0.717, 1.165) is 59.7 Å². The van der Waals surface area contributed by atoms with Crippen LogP contribution in [0, 0.1) is 0 Å². The Morgan fingerprint density at radius 3 is 2.62 bits per heavy atom. The molecule has 1 saturated heterocycles. The second kappa shape index (κ2) is 10.5. The van der Waals surface area contributed by atoms with Crippen LogP contribution < -0.4 is 11.1 Å². The third-order valence-electron chi connectivity index (χ3n) is 7.06. The molecule has 0 saturated carbocycles. The van der Waals surface area contributed by atoms with Gasteiger partial charge in [-0.25, -0.2) is 15.0 Å². The van der Waals surface area contributed by atoms with Crippen molar-refractivity contribution in [2.24, 2.45) is 0 Å². The van der Waals surface area contributed by atoms with E-state index < -0.39 is 0 Å². The molecule has 5 aromatic rings. The highest BCUT2D eigenvalue weighted by atomic mass is 16.1. The van der Waals surface area contributed by atoms with Gasteiger partial charge in [-0.1, -0.05) is 49.0 Å². The Bertz CT molecular complexity index is 1640. The van der Waals surface area contributed by atoms with E-state index in [2.05, 4.69) is 62.7 Å². The largest absolute Gasteiger partial charge is 0.383 e. The minimum atomic E-state index is -0.118. The number of nitrogens with zero attached hydrogens (tertiary/aromatic N) is 5. The zero-order chi connectivity index (χ0) is 26.8. The van der Waals surface area contributed by atoms with Crippen LogP contribution in [0.5, 0.6) is 0 Å². The summed E-state index contributed by atoms with van der Waals surface area (Å²) in [5.74, 6) is 0.996. The topological polar surface area (TPSA) is 102 Å². The number of aromatic nitrogens is 4. The molecule has 0 aliphatic carbocycles. The number of carbonyl (C=O) groups excluding carboxylic acids is 1. The van der Waals surface area contributed by atoms with Crippen molar-refractivity contribution in [1.29, 1.82) is 0 Å². The second-order valence-electron chi connectivity index (χ2n) is 9.71. The van der Waals surface area contributed by atoms with Gasteiger partial charge < -0.3 is 11.1 Å². The number of carbonyl (C=O) groups is 1. The van der Waals surface area contributed by atoms with Crippen LogP contribution in [0.4, 0.5) is 5.82 Å². The number of amides is 1. The monoisotopic (exact) mass is 515 g/mol. The molecule has 194 valence electrons. The predicted molar refractivity (Wildman–Crippen MR) is 154 cm³/mol. The summed E-state index contributed by atoms with van der Waals surface area (Å²) >= 11 is 0. The molecular weight excluding hydrogens is 486 g/mol. The summed E-state index contributed by atoms with van der Waals surface area (Å²) in [7, 11) is 0. The fourth-order valence-electron chi connectivity index (χ4n) is 5.12. The van der Waals surface area contributed by atoms with Gasteiger partial charge in [0.15, 0.2) is 11.5 Å². The summed E-state index contributed by atoms with van der Waals surface area (Å²) in [5.41, 5.74) is 12.6. The summed E-state index contributed by atoms with van der Waals surface area (Å²) in [6, 6.07) is 26.5. The number of fused-ring (bicyclic) bond motifs is 1. The van der Waals surface area contributed by atoms with Crippen molar-refractivity contribution >= 4 is 22.9 Å². The minimum absolute atomic E-state index is 0.118. The van der Waals surface area contributed by atoms with Crippen LogP contribution in [0.3, 0.4) is 0 Å². The number of likely N-dealkylation sites (tertiary alicyclic amines) is 1. The Morgan fingerprint density at radius 1 is 1.03 bits per heavy atom. The zero-order valence-corrected chi connectivity index (χ0v) is 21.5. The van der Waals surface area contributed by atoms with E-state index in [1.54, 1.807) is 6.20 Å². The summed E-state index contributed by atoms with van der Waals surface area (Å²) in [6.07, 6.45) is 3.94. The Kier molecular flexibility index (Phi) is 6.61. The lowest BCUT2D eigenvalue weighted by molar-refractivity contribution is -0.117. The molecular formula is C31H29N7O. The molecule has 0 bridgehead atoms. The Labute approximate surface area is 226 Å². The lowest BCUT2D eigenvalue weighted by atomic mass is 10.1. The van der Waals surface area contributed by atoms with E-state index in [-0.39, 0.29) is 11.9 Å². The first kappa shape index (κ1) is 24.5. The maximum absolute atomic E-state index is 11.7. The molecule has 1 fully saturated rings. The quantitative estimate of drug-likeness (QED) is 0.307. The van der Waals surface area contributed by atoms with Gasteiger partial charge in [0.25, 0.3) is 0 Å². The van der Waals surface area contributed by atoms with E-state index in [4.69, 9.17) is 15.7 Å². The van der Waals surface area contributed by atoms with Crippen LogP contribution in [0.15, 0.2) is 97.7 Å². The maximum Gasteiger partial charge on any atom is 0.243 e. The highest BCUT2D eigenvalue weighted by Crippen LogP contribution is 2.32. The van der Waals surface area contributed by atoms with Crippen molar-refractivity contribution in [3.05, 3.63) is 103 Å². The summed E-state index contributed by atoms with van der Waals surface area (Å²) < 4.78 is 2.05. The van der Waals surface area contributed by atoms with E-state index in [9.17, 15) is 4.79 Å². The number of imidazole rings is 1.